The summed E-state index contributed by atoms with van der Waals surface area (Å²) in [6, 6.07) is 23.7. The smallest absolute Gasteiger partial charge is 0.0672 e. The van der Waals surface area contributed by atoms with E-state index in [1.807, 2.05) is 6.92 Å². The van der Waals surface area contributed by atoms with Crippen LogP contribution in [-0.2, 0) is 0 Å². The zero-order valence-corrected chi connectivity index (χ0v) is 14.8. The lowest BCUT2D eigenvalue weighted by molar-refractivity contribution is 1.02. The highest BCUT2D eigenvalue weighted by Gasteiger charge is 2.11. The summed E-state index contributed by atoms with van der Waals surface area (Å²) in [6.45, 7) is 4.10. The van der Waals surface area contributed by atoms with Gasteiger partial charge in [0.15, 0.2) is 0 Å². The van der Waals surface area contributed by atoms with Crippen molar-refractivity contribution >= 4 is 21.8 Å². The molecule has 2 aromatic heterocycles. The van der Waals surface area contributed by atoms with Crippen LogP contribution in [0.25, 0.3) is 44.1 Å². The average molecular weight is 337 g/mol. The summed E-state index contributed by atoms with van der Waals surface area (Å²) >= 11 is 0. The van der Waals surface area contributed by atoms with Crippen LogP contribution in [0.2, 0.25) is 0 Å². The van der Waals surface area contributed by atoms with Crippen LogP contribution in [0.15, 0.2) is 66.7 Å². The van der Waals surface area contributed by atoms with Crippen LogP contribution in [0, 0.1) is 13.8 Å². The quantitative estimate of drug-likeness (QED) is 0.408. The largest absolute Gasteiger partial charge is 0.354 e. The second-order valence-electron chi connectivity index (χ2n) is 6.79. The topological polar surface area (TPSA) is 44.5 Å². The molecule has 3 nitrogen and oxygen atoms in total. The number of aryl methyl sites for hydroxylation is 2. The van der Waals surface area contributed by atoms with Crippen LogP contribution in [0.1, 0.15) is 11.4 Å². The van der Waals surface area contributed by atoms with Gasteiger partial charge in [0.2, 0.25) is 0 Å². The van der Waals surface area contributed by atoms with Gasteiger partial charge in [-0.3, -0.25) is 5.10 Å². The molecule has 3 aromatic carbocycles. The van der Waals surface area contributed by atoms with Crippen LogP contribution in [0.3, 0.4) is 0 Å². The first-order valence-electron chi connectivity index (χ1n) is 8.84. The minimum atomic E-state index is 1.04. The summed E-state index contributed by atoms with van der Waals surface area (Å²) in [5.41, 5.74) is 9.34. The zero-order chi connectivity index (χ0) is 17.7. The van der Waals surface area contributed by atoms with Crippen molar-refractivity contribution in [3.8, 4) is 22.3 Å². The molecule has 0 bridgehead atoms. The van der Waals surface area contributed by atoms with Crippen LogP contribution in [0.4, 0.5) is 0 Å². The molecule has 5 aromatic rings. The number of para-hydroxylation sites is 2. The highest BCUT2D eigenvalue weighted by molar-refractivity contribution is 6.11. The Morgan fingerprint density at radius 1 is 0.731 bits per heavy atom. The van der Waals surface area contributed by atoms with Crippen molar-refractivity contribution in [1.29, 1.82) is 0 Å². The molecule has 2 N–H and O–H groups in total. The number of aromatic amines is 2. The molecule has 0 aliphatic rings. The third-order valence-electron chi connectivity index (χ3n) is 5.15. The SMILES string of the molecule is Cc1n[nH]c(C)c1-c1ccc(-c2cccc3c2[nH]c2ccccc23)cc1. The summed E-state index contributed by atoms with van der Waals surface area (Å²) in [7, 11) is 0. The third kappa shape index (κ3) is 2.17. The molecule has 0 unspecified atom stereocenters. The van der Waals surface area contributed by atoms with Gasteiger partial charge in [0.05, 0.1) is 11.2 Å². The predicted octanol–water partition coefficient (Wildman–Crippen LogP) is 6.00. The third-order valence-corrected chi connectivity index (χ3v) is 5.15. The molecule has 0 amide bonds. The molecule has 0 saturated heterocycles. The van der Waals surface area contributed by atoms with Gasteiger partial charge in [0.25, 0.3) is 0 Å². The van der Waals surface area contributed by atoms with E-state index in [0.29, 0.717) is 0 Å². The van der Waals surface area contributed by atoms with E-state index >= 15 is 0 Å². The van der Waals surface area contributed by atoms with Crippen molar-refractivity contribution in [2.45, 2.75) is 13.8 Å². The predicted molar refractivity (Wildman–Crippen MR) is 108 cm³/mol. The second-order valence-corrected chi connectivity index (χ2v) is 6.79. The fourth-order valence-electron chi connectivity index (χ4n) is 3.91. The minimum Gasteiger partial charge on any atom is -0.354 e. The Labute approximate surface area is 151 Å². The Bertz CT molecular complexity index is 1220. The Morgan fingerprint density at radius 2 is 1.46 bits per heavy atom. The molecule has 0 atom stereocenters. The van der Waals surface area contributed by atoms with Gasteiger partial charge >= 0.3 is 0 Å². The standard InChI is InChI=1S/C23H19N3/c1-14-22(15(2)26-25-14)17-12-10-16(11-13-17)18-7-5-8-20-19-6-3-4-9-21(19)24-23(18)20/h3-13,24H,1-2H3,(H,25,26). The highest BCUT2D eigenvalue weighted by atomic mass is 15.1. The van der Waals surface area contributed by atoms with Gasteiger partial charge in [-0.1, -0.05) is 60.7 Å². The summed E-state index contributed by atoms with van der Waals surface area (Å²) in [4.78, 5) is 3.59. The first-order valence-corrected chi connectivity index (χ1v) is 8.84. The van der Waals surface area contributed by atoms with Gasteiger partial charge in [-0.15, -0.1) is 0 Å². The molecule has 5 rings (SSSR count). The lowest BCUT2D eigenvalue weighted by Crippen LogP contribution is -1.84. The molecule has 0 radical (unpaired) electrons. The van der Waals surface area contributed by atoms with Crippen LogP contribution in [0.5, 0.6) is 0 Å². The Kier molecular flexibility index (Phi) is 3.22. The van der Waals surface area contributed by atoms with E-state index in [0.717, 1.165) is 11.4 Å². The average Bonchev–Trinajstić information content (AvgIpc) is 3.21. The number of aromatic nitrogens is 3. The number of H-pyrrole nitrogens is 2. The van der Waals surface area contributed by atoms with Gasteiger partial charge in [-0.2, -0.15) is 5.10 Å². The van der Waals surface area contributed by atoms with E-state index in [4.69, 9.17) is 0 Å². The van der Waals surface area contributed by atoms with Crippen LogP contribution in [-0.4, -0.2) is 15.2 Å². The minimum absolute atomic E-state index is 1.04. The molecule has 0 spiro atoms. The fraction of sp³-hybridized carbons (Fsp3) is 0.0870. The van der Waals surface area contributed by atoms with Gasteiger partial charge in [0.1, 0.15) is 0 Å². The van der Waals surface area contributed by atoms with Crippen molar-refractivity contribution in [2.75, 3.05) is 0 Å². The maximum atomic E-state index is 4.31. The molecule has 0 aliphatic heterocycles. The molecule has 26 heavy (non-hydrogen) atoms. The molecule has 126 valence electrons. The van der Waals surface area contributed by atoms with Gasteiger partial charge in [0, 0.05) is 33.1 Å². The number of nitrogens with one attached hydrogen (secondary N) is 2. The normalized spacial score (nSPS) is 11.5. The van der Waals surface area contributed by atoms with Gasteiger partial charge in [-0.25, -0.2) is 0 Å². The Balaban J connectivity index is 1.66. The Hall–Kier alpha value is -3.33. The Morgan fingerprint density at radius 3 is 2.23 bits per heavy atom. The molecule has 0 saturated carbocycles. The summed E-state index contributed by atoms with van der Waals surface area (Å²) in [5, 5.41) is 9.91. The van der Waals surface area contributed by atoms with Gasteiger partial charge < -0.3 is 4.98 Å². The molecular weight excluding hydrogens is 318 g/mol. The van der Waals surface area contributed by atoms with Crippen LogP contribution >= 0.6 is 0 Å². The summed E-state index contributed by atoms with van der Waals surface area (Å²) < 4.78 is 0. The number of rotatable bonds is 2. The molecule has 3 heteroatoms. The van der Waals surface area contributed by atoms with Crippen molar-refractivity contribution in [2.24, 2.45) is 0 Å². The lowest BCUT2D eigenvalue weighted by Gasteiger charge is -2.07. The molecule has 2 heterocycles. The number of fused-ring (bicyclic) bond motifs is 3. The van der Waals surface area contributed by atoms with E-state index in [1.165, 1.54) is 44.1 Å². The van der Waals surface area contributed by atoms with E-state index in [9.17, 15) is 0 Å². The number of nitrogens with zero attached hydrogens (tertiary/aromatic N) is 1. The maximum absolute atomic E-state index is 4.31. The number of hydrogen-bond acceptors (Lipinski definition) is 1. The molecule has 0 fully saturated rings. The van der Waals surface area contributed by atoms with Gasteiger partial charge in [-0.05, 0) is 31.0 Å². The van der Waals surface area contributed by atoms with Crippen molar-refractivity contribution in [3.05, 3.63) is 78.1 Å². The van der Waals surface area contributed by atoms with E-state index in [-0.39, 0.29) is 0 Å². The van der Waals surface area contributed by atoms with Crippen molar-refractivity contribution in [1.82, 2.24) is 15.2 Å². The zero-order valence-electron chi connectivity index (χ0n) is 14.8. The summed E-state index contributed by atoms with van der Waals surface area (Å²) in [5.74, 6) is 0. The maximum Gasteiger partial charge on any atom is 0.0672 e. The number of benzene rings is 3. The van der Waals surface area contributed by atoms with Crippen LogP contribution < -0.4 is 0 Å². The van der Waals surface area contributed by atoms with Crippen molar-refractivity contribution in [3.63, 3.8) is 0 Å². The van der Waals surface area contributed by atoms with E-state index in [2.05, 4.69) is 88.8 Å². The monoisotopic (exact) mass is 337 g/mol. The number of hydrogen-bond donors (Lipinski definition) is 2. The molecule has 0 aliphatic carbocycles. The lowest BCUT2D eigenvalue weighted by atomic mass is 9.98. The first-order chi connectivity index (χ1) is 12.7. The first kappa shape index (κ1) is 15.0. The molecular formula is C23H19N3. The summed E-state index contributed by atoms with van der Waals surface area (Å²) in [6.07, 6.45) is 0. The van der Waals surface area contributed by atoms with E-state index < -0.39 is 0 Å². The van der Waals surface area contributed by atoms with E-state index in [1.54, 1.807) is 0 Å². The highest BCUT2D eigenvalue weighted by Crippen LogP contribution is 2.34. The second kappa shape index (κ2) is 5.60. The van der Waals surface area contributed by atoms with Crippen molar-refractivity contribution < 1.29 is 0 Å². The fourth-order valence-corrected chi connectivity index (χ4v) is 3.91.